The maximum absolute atomic E-state index is 12.3. The minimum atomic E-state index is -0.993. The highest BCUT2D eigenvalue weighted by Crippen LogP contribution is 2.44. The lowest BCUT2D eigenvalue weighted by atomic mass is 9.98. The molecule has 1 aromatic rings. The van der Waals surface area contributed by atoms with E-state index in [0.717, 1.165) is 12.0 Å². The molecule has 6 heteroatoms. The van der Waals surface area contributed by atoms with Crippen LogP contribution in [0.3, 0.4) is 0 Å². The predicted molar refractivity (Wildman–Crippen MR) is 74.8 cm³/mol. The van der Waals surface area contributed by atoms with Gasteiger partial charge in [-0.3, -0.25) is 9.69 Å². The zero-order chi connectivity index (χ0) is 15.2. The van der Waals surface area contributed by atoms with Crippen molar-refractivity contribution < 1.29 is 23.8 Å². The number of rotatable bonds is 2. The zero-order valence-electron chi connectivity index (χ0n) is 12.1. The summed E-state index contributed by atoms with van der Waals surface area (Å²) in [7, 11) is 0. The lowest BCUT2D eigenvalue weighted by Crippen LogP contribution is -2.51. The first-order chi connectivity index (χ1) is 10.7. The van der Waals surface area contributed by atoms with Gasteiger partial charge in [-0.15, -0.1) is 0 Å². The molecular weight excluding hydrogens is 286 g/mol. The monoisotopic (exact) mass is 303 g/mol. The summed E-state index contributed by atoms with van der Waals surface area (Å²) in [6, 6.07) is 9.05. The molecule has 0 aromatic heterocycles. The van der Waals surface area contributed by atoms with Crippen molar-refractivity contribution in [3.8, 4) is 0 Å². The molecule has 0 radical (unpaired) electrons. The molecule has 4 rings (SSSR count). The second-order valence-corrected chi connectivity index (χ2v) is 5.87. The van der Waals surface area contributed by atoms with E-state index in [2.05, 4.69) is 0 Å². The molecule has 0 bridgehead atoms. The van der Waals surface area contributed by atoms with Gasteiger partial charge in [-0.05, 0) is 12.0 Å². The van der Waals surface area contributed by atoms with Crippen LogP contribution in [0.2, 0.25) is 0 Å². The van der Waals surface area contributed by atoms with Crippen LogP contribution in [-0.2, 0) is 19.0 Å². The van der Waals surface area contributed by atoms with Crippen molar-refractivity contribution in [3.63, 3.8) is 0 Å². The Bertz CT molecular complexity index is 596. The highest BCUT2D eigenvalue weighted by molar-refractivity contribution is 5.77. The molecule has 6 nitrogen and oxygen atoms in total. The number of hydrogen-bond donors (Lipinski definition) is 0. The second-order valence-electron chi connectivity index (χ2n) is 5.87. The fourth-order valence-electron chi connectivity index (χ4n) is 3.61. The van der Waals surface area contributed by atoms with Gasteiger partial charge in [0.15, 0.2) is 0 Å². The van der Waals surface area contributed by atoms with Gasteiger partial charge in [-0.25, -0.2) is 4.79 Å². The van der Waals surface area contributed by atoms with E-state index in [-0.39, 0.29) is 25.0 Å². The van der Waals surface area contributed by atoms with Crippen molar-refractivity contribution in [2.45, 2.75) is 37.1 Å². The van der Waals surface area contributed by atoms with Crippen molar-refractivity contribution >= 4 is 12.1 Å². The Hall–Kier alpha value is -2.08. The Morgan fingerprint density at radius 1 is 1.18 bits per heavy atom. The van der Waals surface area contributed by atoms with Gasteiger partial charge >= 0.3 is 12.1 Å². The summed E-state index contributed by atoms with van der Waals surface area (Å²) in [5.74, 6) is -1.31. The minimum absolute atomic E-state index is 0.151. The van der Waals surface area contributed by atoms with Crippen LogP contribution < -0.4 is 0 Å². The summed E-state index contributed by atoms with van der Waals surface area (Å²) in [5, 5.41) is 0. The van der Waals surface area contributed by atoms with E-state index in [1.165, 1.54) is 0 Å². The average molecular weight is 303 g/mol. The topological polar surface area (TPSA) is 65.1 Å². The van der Waals surface area contributed by atoms with Crippen molar-refractivity contribution in [1.29, 1.82) is 0 Å². The molecule has 3 aliphatic rings. The third kappa shape index (κ3) is 1.98. The van der Waals surface area contributed by atoms with Crippen LogP contribution in [-0.4, -0.2) is 42.0 Å². The number of carbonyl (C=O) groups is 2. The van der Waals surface area contributed by atoms with Gasteiger partial charge in [-0.1, -0.05) is 30.3 Å². The average Bonchev–Trinajstić information content (AvgIpc) is 3.21. The molecule has 3 aliphatic heterocycles. The number of ether oxygens (including phenoxy) is 3. The lowest BCUT2D eigenvalue weighted by molar-refractivity contribution is -0.207. The first-order valence-electron chi connectivity index (χ1n) is 7.55. The molecule has 3 fully saturated rings. The van der Waals surface area contributed by atoms with Crippen molar-refractivity contribution in [2.75, 3.05) is 13.2 Å². The first-order valence-corrected chi connectivity index (χ1v) is 7.55. The van der Waals surface area contributed by atoms with Crippen LogP contribution in [0.5, 0.6) is 0 Å². The second kappa shape index (κ2) is 4.98. The molecule has 3 saturated heterocycles. The Balaban J connectivity index is 1.69. The normalized spacial score (nSPS) is 34.3. The molecule has 3 heterocycles. The molecule has 1 spiro atoms. The lowest BCUT2D eigenvalue weighted by Gasteiger charge is -2.35. The maximum atomic E-state index is 12.3. The maximum Gasteiger partial charge on any atom is 0.410 e. The number of amides is 1. The van der Waals surface area contributed by atoms with Crippen molar-refractivity contribution in [2.24, 2.45) is 0 Å². The van der Waals surface area contributed by atoms with Crippen LogP contribution >= 0.6 is 0 Å². The summed E-state index contributed by atoms with van der Waals surface area (Å²) < 4.78 is 16.4. The molecular formula is C16H17NO5. The van der Waals surface area contributed by atoms with Crippen LogP contribution in [0.4, 0.5) is 4.79 Å². The Kier molecular flexibility index (Phi) is 3.07. The van der Waals surface area contributed by atoms with Crippen LogP contribution in [0.15, 0.2) is 30.3 Å². The number of cyclic esters (lactones) is 1. The molecule has 1 aromatic carbocycles. The van der Waals surface area contributed by atoms with Crippen LogP contribution in [0.25, 0.3) is 0 Å². The molecule has 116 valence electrons. The van der Waals surface area contributed by atoms with E-state index in [1.54, 1.807) is 4.90 Å². The van der Waals surface area contributed by atoms with Gasteiger partial charge < -0.3 is 14.2 Å². The Labute approximate surface area is 127 Å². The quantitative estimate of drug-likeness (QED) is 0.782. The fraction of sp³-hybridized carbons (Fsp3) is 0.500. The van der Waals surface area contributed by atoms with E-state index < -0.39 is 17.9 Å². The molecule has 0 unspecified atom stereocenters. The number of carbonyl (C=O) groups excluding carboxylic acids is 2. The summed E-state index contributed by atoms with van der Waals surface area (Å²) in [6.45, 7) is 0.826. The molecule has 0 saturated carbocycles. The summed E-state index contributed by atoms with van der Waals surface area (Å²) in [4.78, 5) is 25.7. The van der Waals surface area contributed by atoms with Crippen LogP contribution in [0, 0.1) is 0 Å². The van der Waals surface area contributed by atoms with Gasteiger partial charge in [-0.2, -0.15) is 0 Å². The predicted octanol–water partition coefficient (Wildman–Crippen LogP) is 2.00. The van der Waals surface area contributed by atoms with E-state index in [1.807, 2.05) is 30.3 Å². The third-order valence-electron chi connectivity index (χ3n) is 4.60. The SMILES string of the molecule is O=C1C[C@H](N2C(=O)OC[C@@H]2c2ccccc2)[C@@]2(CCCO2)O1. The largest absolute Gasteiger partial charge is 0.447 e. The first kappa shape index (κ1) is 13.6. The van der Waals surface area contributed by atoms with E-state index in [9.17, 15) is 9.59 Å². The van der Waals surface area contributed by atoms with Gasteiger partial charge in [0.05, 0.1) is 19.1 Å². The fourth-order valence-corrected chi connectivity index (χ4v) is 3.61. The molecule has 0 aliphatic carbocycles. The zero-order valence-corrected chi connectivity index (χ0v) is 12.1. The molecule has 0 N–H and O–H groups in total. The third-order valence-corrected chi connectivity index (χ3v) is 4.60. The molecule has 1 amide bonds. The molecule has 22 heavy (non-hydrogen) atoms. The standard InChI is InChI=1S/C16H17NO5/c18-14-9-13(16(22-14)7-4-8-21-16)17-12(10-20-15(17)19)11-5-2-1-3-6-11/h1-3,5-6,12-13H,4,7-10H2/t12-,13+,16-/m1/s1. The smallest absolute Gasteiger partial charge is 0.410 e. The molecule has 3 atom stereocenters. The summed E-state index contributed by atoms with van der Waals surface area (Å²) in [5.41, 5.74) is 0.987. The Morgan fingerprint density at radius 2 is 2.00 bits per heavy atom. The van der Waals surface area contributed by atoms with Gasteiger partial charge in [0.2, 0.25) is 5.79 Å². The highest BCUT2D eigenvalue weighted by atomic mass is 16.7. The number of hydrogen-bond acceptors (Lipinski definition) is 5. The number of benzene rings is 1. The Morgan fingerprint density at radius 3 is 2.73 bits per heavy atom. The van der Waals surface area contributed by atoms with E-state index in [0.29, 0.717) is 13.0 Å². The van der Waals surface area contributed by atoms with Gasteiger partial charge in [0.1, 0.15) is 12.6 Å². The van der Waals surface area contributed by atoms with Gasteiger partial charge in [0.25, 0.3) is 0 Å². The minimum Gasteiger partial charge on any atom is -0.447 e. The number of nitrogens with zero attached hydrogens (tertiary/aromatic N) is 1. The van der Waals surface area contributed by atoms with E-state index >= 15 is 0 Å². The van der Waals surface area contributed by atoms with Crippen molar-refractivity contribution in [1.82, 2.24) is 4.90 Å². The summed E-state index contributed by atoms with van der Waals surface area (Å²) >= 11 is 0. The number of esters is 1. The van der Waals surface area contributed by atoms with Gasteiger partial charge in [0, 0.05) is 6.42 Å². The van der Waals surface area contributed by atoms with Crippen LogP contribution in [0.1, 0.15) is 30.9 Å². The van der Waals surface area contributed by atoms with E-state index in [4.69, 9.17) is 14.2 Å². The van der Waals surface area contributed by atoms with Crippen molar-refractivity contribution in [3.05, 3.63) is 35.9 Å². The summed E-state index contributed by atoms with van der Waals surface area (Å²) in [6.07, 6.45) is 1.18. The highest BCUT2D eigenvalue weighted by Gasteiger charge is 2.59.